The van der Waals surface area contributed by atoms with E-state index in [4.69, 9.17) is 11.6 Å². The van der Waals surface area contributed by atoms with Crippen LogP contribution in [-0.4, -0.2) is 30.8 Å². The average molecular weight is 270 g/mol. The second kappa shape index (κ2) is 6.50. The largest absolute Gasteiger partial charge is 0.387 e. The highest BCUT2D eigenvalue weighted by atomic mass is 35.5. The van der Waals surface area contributed by atoms with Gasteiger partial charge in [0.2, 0.25) is 0 Å². The molecule has 3 atom stereocenters. The van der Waals surface area contributed by atoms with Gasteiger partial charge >= 0.3 is 0 Å². The summed E-state index contributed by atoms with van der Waals surface area (Å²) in [7, 11) is 0. The van der Waals surface area contributed by atoms with E-state index in [9.17, 15) is 5.11 Å². The molecule has 5 heteroatoms. The molecule has 100 valence electrons. The molecule has 0 aliphatic carbocycles. The molecule has 0 spiro atoms. The minimum Gasteiger partial charge on any atom is -0.387 e. The Bertz CT molecular complexity index is 388. The van der Waals surface area contributed by atoms with Crippen molar-refractivity contribution in [3.05, 3.63) is 34.9 Å². The lowest BCUT2D eigenvalue weighted by atomic mass is 10.0. The van der Waals surface area contributed by atoms with Crippen molar-refractivity contribution in [2.24, 2.45) is 5.92 Å². The first-order chi connectivity index (χ1) is 8.66. The van der Waals surface area contributed by atoms with E-state index in [0.717, 1.165) is 18.7 Å². The fourth-order valence-corrected chi connectivity index (χ4v) is 2.33. The molecule has 18 heavy (non-hydrogen) atoms. The van der Waals surface area contributed by atoms with E-state index >= 15 is 0 Å². The van der Waals surface area contributed by atoms with Gasteiger partial charge in [-0.3, -0.25) is 10.9 Å². The van der Waals surface area contributed by atoms with E-state index < -0.39 is 6.10 Å². The highest BCUT2D eigenvalue weighted by Gasteiger charge is 2.22. The Balaban J connectivity index is 1.76. The molecule has 3 unspecified atom stereocenters. The van der Waals surface area contributed by atoms with Crippen molar-refractivity contribution < 1.29 is 5.11 Å². The Morgan fingerprint density at radius 3 is 3.06 bits per heavy atom. The Kier molecular flexibility index (Phi) is 4.97. The van der Waals surface area contributed by atoms with Crippen LogP contribution in [0.15, 0.2) is 24.3 Å². The van der Waals surface area contributed by atoms with Crippen molar-refractivity contribution in [1.29, 1.82) is 0 Å². The van der Waals surface area contributed by atoms with Gasteiger partial charge in [0.05, 0.1) is 6.10 Å². The average Bonchev–Trinajstić information content (AvgIpc) is 2.75. The Labute approximate surface area is 113 Å². The number of rotatable bonds is 5. The molecule has 0 saturated carbocycles. The molecule has 1 aliphatic heterocycles. The van der Waals surface area contributed by atoms with Gasteiger partial charge in [0, 0.05) is 36.6 Å². The highest BCUT2D eigenvalue weighted by Crippen LogP contribution is 2.17. The number of aliphatic hydroxyl groups is 1. The van der Waals surface area contributed by atoms with E-state index in [0.29, 0.717) is 23.5 Å². The van der Waals surface area contributed by atoms with Gasteiger partial charge in [-0.2, -0.15) is 0 Å². The summed E-state index contributed by atoms with van der Waals surface area (Å²) < 4.78 is 0. The molecule has 1 fully saturated rings. The molecule has 4 nitrogen and oxygen atoms in total. The molecular weight excluding hydrogens is 250 g/mol. The van der Waals surface area contributed by atoms with Gasteiger partial charge in [-0.25, -0.2) is 0 Å². The standard InChI is InChI=1S/C13H20ClN3O/c1-9-11(7-16-17-9)6-15-8-13(18)10-3-2-4-12(14)5-10/h2-5,9,11,13,15-18H,6-8H2,1H3. The molecule has 0 bridgehead atoms. The van der Waals surface area contributed by atoms with Crippen LogP contribution in [0.5, 0.6) is 0 Å². The summed E-state index contributed by atoms with van der Waals surface area (Å²) in [5.74, 6) is 0.552. The molecule has 1 aromatic carbocycles. The van der Waals surface area contributed by atoms with Crippen molar-refractivity contribution in [1.82, 2.24) is 16.2 Å². The lowest BCUT2D eigenvalue weighted by Gasteiger charge is -2.17. The number of hydrogen-bond acceptors (Lipinski definition) is 4. The Morgan fingerprint density at radius 2 is 2.39 bits per heavy atom. The summed E-state index contributed by atoms with van der Waals surface area (Å²) in [4.78, 5) is 0. The summed E-state index contributed by atoms with van der Waals surface area (Å²) in [6.07, 6.45) is -0.513. The lowest BCUT2D eigenvalue weighted by Crippen LogP contribution is -2.34. The minimum absolute atomic E-state index is 0.459. The van der Waals surface area contributed by atoms with Crippen LogP contribution >= 0.6 is 11.6 Å². The predicted octanol–water partition coefficient (Wildman–Crippen LogP) is 1.08. The SMILES string of the molecule is CC1NNCC1CNCC(O)c1cccc(Cl)c1. The fraction of sp³-hybridized carbons (Fsp3) is 0.538. The molecule has 2 rings (SSSR count). The van der Waals surface area contributed by atoms with Crippen LogP contribution in [0, 0.1) is 5.92 Å². The topological polar surface area (TPSA) is 56.3 Å². The van der Waals surface area contributed by atoms with Crippen LogP contribution in [0.1, 0.15) is 18.6 Å². The molecule has 1 aromatic rings. The summed E-state index contributed by atoms with van der Waals surface area (Å²) in [5.41, 5.74) is 7.16. The lowest BCUT2D eigenvalue weighted by molar-refractivity contribution is 0.172. The number of nitrogens with one attached hydrogen (secondary N) is 3. The van der Waals surface area contributed by atoms with Crippen LogP contribution in [-0.2, 0) is 0 Å². The predicted molar refractivity (Wildman–Crippen MR) is 73.4 cm³/mol. The highest BCUT2D eigenvalue weighted by molar-refractivity contribution is 6.30. The van der Waals surface area contributed by atoms with Crippen LogP contribution < -0.4 is 16.2 Å². The summed E-state index contributed by atoms with van der Waals surface area (Å²) in [5, 5.41) is 14.0. The van der Waals surface area contributed by atoms with E-state index in [1.807, 2.05) is 18.2 Å². The maximum Gasteiger partial charge on any atom is 0.0914 e. The van der Waals surface area contributed by atoms with E-state index in [-0.39, 0.29) is 0 Å². The fourth-order valence-electron chi connectivity index (χ4n) is 2.13. The zero-order valence-corrected chi connectivity index (χ0v) is 11.2. The number of benzene rings is 1. The third-order valence-corrected chi connectivity index (χ3v) is 3.61. The third kappa shape index (κ3) is 3.67. The maximum absolute atomic E-state index is 10.0. The number of aliphatic hydroxyl groups excluding tert-OH is 1. The molecular formula is C13H20ClN3O. The van der Waals surface area contributed by atoms with Gasteiger partial charge in [-0.15, -0.1) is 0 Å². The normalized spacial score (nSPS) is 25.3. The number of hydrazine groups is 1. The van der Waals surface area contributed by atoms with Gasteiger partial charge in [0.25, 0.3) is 0 Å². The van der Waals surface area contributed by atoms with Crippen molar-refractivity contribution in [2.75, 3.05) is 19.6 Å². The quantitative estimate of drug-likeness (QED) is 0.646. The number of hydrogen-bond donors (Lipinski definition) is 4. The van der Waals surface area contributed by atoms with Crippen molar-refractivity contribution in [2.45, 2.75) is 19.1 Å². The van der Waals surface area contributed by atoms with E-state index in [2.05, 4.69) is 23.1 Å². The van der Waals surface area contributed by atoms with Crippen molar-refractivity contribution >= 4 is 11.6 Å². The molecule has 1 saturated heterocycles. The first-order valence-corrected chi connectivity index (χ1v) is 6.67. The maximum atomic E-state index is 10.0. The first-order valence-electron chi connectivity index (χ1n) is 6.29. The smallest absolute Gasteiger partial charge is 0.0914 e. The molecule has 1 heterocycles. The van der Waals surface area contributed by atoms with Crippen LogP contribution in [0.2, 0.25) is 5.02 Å². The number of halogens is 1. The zero-order chi connectivity index (χ0) is 13.0. The van der Waals surface area contributed by atoms with Crippen molar-refractivity contribution in [3.8, 4) is 0 Å². The Morgan fingerprint density at radius 1 is 1.56 bits per heavy atom. The molecule has 4 N–H and O–H groups in total. The molecule has 0 radical (unpaired) electrons. The van der Waals surface area contributed by atoms with E-state index in [1.165, 1.54) is 0 Å². The first kappa shape index (κ1) is 13.8. The minimum atomic E-state index is -0.513. The Hall–Kier alpha value is -0.650. The second-order valence-corrected chi connectivity index (χ2v) is 5.24. The summed E-state index contributed by atoms with van der Waals surface area (Å²) >= 11 is 5.90. The van der Waals surface area contributed by atoms with Crippen LogP contribution in [0.4, 0.5) is 0 Å². The van der Waals surface area contributed by atoms with E-state index in [1.54, 1.807) is 6.07 Å². The monoisotopic (exact) mass is 269 g/mol. The van der Waals surface area contributed by atoms with Crippen LogP contribution in [0.25, 0.3) is 0 Å². The molecule has 0 amide bonds. The molecule has 0 aromatic heterocycles. The van der Waals surface area contributed by atoms with Crippen molar-refractivity contribution in [3.63, 3.8) is 0 Å². The third-order valence-electron chi connectivity index (χ3n) is 3.38. The summed E-state index contributed by atoms with van der Waals surface area (Å²) in [6.45, 7) is 4.55. The van der Waals surface area contributed by atoms with Crippen LogP contribution in [0.3, 0.4) is 0 Å². The van der Waals surface area contributed by atoms with Gasteiger partial charge in [-0.05, 0) is 24.6 Å². The second-order valence-electron chi connectivity index (χ2n) is 4.80. The van der Waals surface area contributed by atoms with Gasteiger partial charge in [0.1, 0.15) is 0 Å². The zero-order valence-electron chi connectivity index (χ0n) is 10.5. The molecule has 1 aliphatic rings. The summed E-state index contributed by atoms with van der Waals surface area (Å²) in [6, 6.07) is 7.81. The van der Waals surface area contributed by atoms with Gasteiger partial charge in [-0.1, -0.05) is 23.7 Å². The van der Waals surface area contributed by atoms with Gasteiger partial charge < -0.3 is 10.4 Å². The van der Waals surface area contributed by atoms with Gasteiger partial charge in [0.15, 0.2) is 0 Å².